The summed E-state index contributed by atoms with van der Waals surface area (Å²) in [6, 6.07) is 65.0. The fraction of sp³-hybridized carbons (Fsp3) is 0. The minimum atomic E-state index is -0.725. The first kappa shape index (κ1) is 26.1. The number of rotatable bonds is 5. The average Bonchev–Trinajstić information content (AvgIpc) is 3.44. The molecule has 1 aliphatic carbocycles. The summed E-state index contributed by atoms with van der Waals surface area (Å²) in [5, 5.41) is 9.32. The van der Waals surface area contributed by atoms with Crippen LogP contribution in [0.3, 0.4) is 0 Å². The predicted molar refractivity (Wildman–Crippen MR) is 195 cm³/mol. The molecule has 0 fully saturated rings. The molecule has 0 atom stereocenters. The zero-order chi connectivity index (χ0) is 29.7. The first-order valence-electron chi connectivity index (χ1n) is 15.5. The van der Waals surface area contributed by atoms with Gasteiger partial charge in [0.2, 0.25) is 0 Å². The van der Waals surface area contributed by atoms with Gasteiger partial charge in [0.25, 0.3) is 0 Å². The molecule has 0 bridgehead atoms. The van der Waals surface area contributed by atoms with Crippen molar-refractivity contribution >= 4 is 45.4 Å². The fourth-order valence-electron chi connectivity index (χ4n) is 7.34. The molecule has 1 heteroatoms. The second-order valence-corrected chi connectivity index (χ2v) is 13.9. The molecule has 0 unspecified atom stereocenters. The molecular formula is C44H29P. The summed E-state index contributed by atoms with van der Waals surface area (Å²) in [4.78, 5) is 0. The van der Waals surface area contributed by atoms with Crippen LogP contribution in [0.4, 0.5) is 0 Å². The van der Waals surface area contributed by atoms with Crippen molar-refractivity contribution in [1.82, 2.24) is 0 Å². The van der Waals surface area contributed by atoms with E-state index in [2.05, 4.69) is 176 Å². The maximum atomic E-state index is 2.47. The molecule has 9 rings (SSSR count). The van der Waals surface area contributed by atoms with E-state index >= 15 is 0 Å². The van der Waals surface area contributed by atoms with Crippen LogP contribution in [0.25, 0.3) is 66.1 Å². The van der Waals surface area contributed by atoms with Gasteiger partial charge in [-0.05, 0) is 96.0 Å². The number of benzene rings is 8. The van der Waals surface area contributed by atoms with Crippen LogP contribution in [-0.2, 0) is 0 Å². The molecule has 8 aromatic rings. The molecule has 0 saturated carbocycles. The Labute approximate surface area is 265 Å². The highest BCUT2D eigenvalue weighted by Crippen LogP contribution is 2.57. The Bertz CT molecular complexity index is 2310. The molecule has 0 spiro atoms. The van der Waals surface area contributed by atoms with Crippen LogP contribution in [-0.4, -0.2) is 0 Å². The second-order valence-electron chi connectivity index (χ2n) is 11.7. The van der Waals surface area contributed by atoms with Gasteiger partial charge in [-0.2, -0.15) is 0 Å². The van der Waals surface area contributed by atoms with E-state index in [1.807, 2.05) is 0 Å². The first-order valence-corrected chi connectivity index (χ1v) is 16.9. The van der Waals surface area contributed by atoms with Crippen molar-refractivity contribution in [3.05, 3.63) is 176 Å². The summed E-state index contributed by atoms with van der Waals surface area (Å²) in [6.45, 7) is 0. The molecule has 0 heterocycles. The summed E-state index contributed by atoms with van der Waals surface area (Å²) in [5.41, 5.74) is 10.5. The zero-order valence-corrected chi connectivity index (χ0v) is 25.6. The van der Waals surface area contributed by atoms with E-state index in [0.717, 1.165) is 0 Å². The van der Waals surface area contributed by atoms with Crippen LogP contribution in [0, 0.1) is 0 Å². The van der Waals surface area contributed by atoms with Crippen molar-refractivity contribution in [3.8, 4) is 44.5 Å². The Kier molecular flexibility index (Phi) is 6.22. The zero-order valence-electron chi connectivity index (χ0n) is 24.7. The van der Waals surface area contributed by atoms with Gasteiger partial charge in [-0.25, -0.2) is 0 Å². The number of fused-ring (bicyclic) bond motifs is 4. The molecule has 0 nitrogen and oxygen atoms in total. The van der Waals surface area contributed by atoms with Crippen LogP contribution in [0.15, 0.2) is 176 Å². The van der Waals surface area contributed by atoms with Crippen LogP contribution in [0.5, 0.6) is 0 Å². The smallest absolute Gasteiger partial charge is 0.000741 e. The van der Waals surface area contributed by atoms with Crippen molar-refractivity contribution in [2.45, 2.75) is 0 Å². The van der Waals surface area contributed by atoms with Gasteiger partial charge >= 0.3 is 0 Å². The van der Waals surface area contributed by atoms with Gasteiger partial charge < -0.3 is 0 Å². The van der Waals surface area contributed by atoms with E-state index in [1.54, 1.807) is 0 Å². The van der Waals surface area contributed by atoms with Crippen molar-refractivity contribution < 1.29 is 0 Å². The standard InChI is InChI=1S/C44H29P/c1-4-15-31(16-5-1)41-36-25-10-11-26-37(36)42(44-39-28-14-18-30-17-13-27-38(40(30)39)43(41)44)32-19-12-24-35(29-32)45(33-20-6-2-7-21-33)34-22-8-3-9-23-34/h1-29H. The Hall–Kier alpha value is -5.29. The summed E-state index contributed by atoms with van der Waals surface area (Å²) < 4.78 is 0. The van der Waals surface area contributed by atoms with Crippen molar-refractivity contribution in [1.29, 1.82) is 0 Å². The third-order valence-corrected chi connectivity index (χ3v) is 11.6. The maximum absolute atomic E-state index is 2.47. The maximum Gasteiger partial charge on any atom is -0.000741 e. The topological polar surface area (TPSA) is 0 Å². The molecular weight excluding hydrogens is 559 g/mol. The quantitative estimate of drug-likeness (QED) is 0.176. The van der Waals surface area contributed by atoms with Gasteiger partial charge in [0.05, 0.1) is 0 Å². The van der Waals surface area contributed by atoms with Gasteiger partial charge in [0, 0.05) is 0 Å². The molecule has 1 aliphatic rings. The normalized spacial score (nSPS) is 11.8. The van der Waals surface area contributed by atoms with E-state index in [4.69, 9.17) is 0 Å². The van der Waals surface area contributed by atoms with Gasteiger partial charge in [-0.15, -0.1) is 0 Å². The molecule has 0 aliphatic heterocycles. The van der Waals surface area contributed by atoms with E-state index in [9.17, 15) is 0 Å². The van der Waals surface area contributed by atoms with Crippen LogP contribution >= 0.6 is 7.92 Å². The molecule has 0 radical (unpaired) electrons. The molecule has 0 aromatic heterocycles. The van der Waals surface area contributed by atoms with E-state index in [1.165, 1.54) is 82.0 Å². The lowest BCUT2D eigenvalue weighted by Crippen LogP contribution is -2.20. The first-order chi connectivity index (χ1) is 22.4. The third kappa shape index (κ3) is 4.18. The largest absolute Gasteiger partial charge is 0.0622 e. The Morgan fingerprint density at radius 1 is 0.311 bits per heavy atom. The van der Waals surface area contributed by atoms with Gasteiger partial charge in [-0.1, -0.05) is 170 Å². The number of hydrogen-bond donors (Lipinski definition) is 0. The summed E-state index contributed by atoms with van der Waals surface area (Å²) >= 11 is 0. The Morgan fingerprint density at radius 3 is 1.33 bits per heavy atom. The van der Waals surface area contributed by atoms with Gasteiger partial charge in [0.15, 0.2) is 0 Å². The lowest BCUT2D eigenvalue weighted by molar-refractivity contribution is 1.63. The van der Waals surface area contributed by atoms with Gasteiger partial charge in [-0.3, -0.25) is 0 Å². The highest BCUT2D eigenvalue weighted by atomic mass is 31.1. The molecule has 0 amide bonds. The predicted octanol–water partition coefficient (Wildman–Crippen LogP) is 10.7. The van der Waals surface area contributed by atoms with Crippen molar-refractivity contribution in [2.75, 3.05) is 0 Å². The van der Waals surface area contributed by atoms with E-state index in [0.29, 0.717) is 0 Å². The summed E-state index contributed by atoms with van der Waals surface area (Å²) in [6.07, 6.45) is 0. The minimum Gasteiger partial charge on any atom is -0.0622 e. The van der Waals surface area contributed by atoms with E-state index in [-0.39, 0.29) is 0 Å². The Morgan fingerprint density at radius 2 is 0.756 bits per heavy atom. The molecule has 210 valence electrons. The molecule has 45 heavy (non-hydrogen) atoms. The monoisotopic (exact) mass is 588 g/mol. The van der Waals surface area contributed by atoms with Crippen LogP contribution in [0.1, 0.15) is 0 Å². The van der Waals surface area contributed by atoms with E-state index < -0.39 is 7.92 Å². The lowest BCUT2D eigenvalue weighted by atomic mass is 9.82. The highest BCUT2D eigenvalue weighted by molar-refractivity contribution is 7.79. The lowest BCUT2D eigenvalue weighted by Gasteiger charge is -2.23. The fourth-order valence-corrected chi connectivity index (χ4v) is 9.68. The number of hydrogen-bond acceptors (Lipinski definition) is 0. The molecule has 0 N–H and O–H groups in total. The van der Waals surface area contributed by atoms with Crippen molar-refractivity contribution in [3.63, 3.8) is 0 Å². The average molecular weight is 589 g/mol. The SMILES string of the molecule is c1ccc(-c2c3c(c(-c4cccc(P(c5ccccc5)c5ccccc5)c4)c4ccccc24)-c2cccc4cccc-3c24)cc1. The summed E-state index contributed by atoms with van der Waals surface area (Å²) in [5.74, 6) is 0. The van der Waals surface area contributed by atoms with Crippen LogP contribution in [0.2, 0.25) is 0 Å². The third-order valence-electron chi connectivity index (χ3n) is 9.14. The van der Waals surface area contributed by atoms with Crippen LogP contribution < -0.4 is 15.9 Å². The summed E-state index contributed by atoms with van der Waals surface area (Å²) in [7, 11) is -0.725. The van der Waals surface area contributed by atoms with Crippen molar-refractivity contribution in [2.24, 2.45) is 0 Å². The van der Waals surface area contributed by atoms with Gasteiger partial charge in [0.1, 0.15) is 0 Å². The molecule has 0 saturated heterocycles. The Balaban J connectivity index is 1.38. The minimum absolute atomic E-state index is 0.725. The second kappa shape index (κ2) is 10.7. The molecule has 8 aromatic carbocycles. The highest BCUT2D eigenvalue weighted by Gasteiger charge is 2.30.